The van der Waals surface area contributed by atoms with Crippen LogP contribution in [0.1, 0.15) is 16.1 Å². The van der Waals surface area contributed by atoms with Gasteiger partial charge in [0.2, 0.25) is 0 Å². The van der Waals surface area contributed by atoms with E-state index < -0.39 is 0 Å². The van der Waals surface area contributed by atoms with Crippen LogP contribution in [0, 0.1) is 0 Å². The van der Waals surface area contributed by atoms with Crippen molar-refractivity contribution in [2.75, 3.05) is 38.1 Å². The highest BCUT2D eigenvalue weighted by Gasteiger charge is 2.20. The van der Waals surface area contributed by atoms with Crippen molar-refractivity contribution >= 4 is 33.2 Å². The van der Waals surface area contributed by atoms with Gasteiger partial charge >= 0.3 is 0 Å². The minimum absolute atomic E-state index is 0.133. The van der Waals surface area contributed by atoms with Gasteiger partial charge in [0.25, 0.3) is 5.91 Å². The van der Waals surface area contributed by atoms with E-state index in [0.717, 1.165) is 49.4 Å². The van der Waals surface area contributed by atoms with Gasteiger partial charge in [-0.25, -0.2) is 0 Å². The smallest absolute Gasteiger partial charge is 0.265 e. The monoisotopic (exact) mass is 317 g/mol. The Balaban J connectivity index is 1.92. The van der Waals surface area contributed by atoms with Gasteiger partial charge in [0.1, 0.15) is 4.88 Å². The van der Waals surface area contributed by atoms with Crippen molar-refractivity contribution in [2.45, 2.75) is 6.42 Å². The van der Waals surface area contributed by atoms with E-state index in [1.807, 2.05) is 4.90 Å². The molecule has 1 aliphatic rings. The van der Waals surface area contributed by atoms with E-state index in [1.54, 1.807) is 11.7 Å². The highest BCUT2D eigenvalue weighted by molar-refractivity contribution is 9.09. The molecule has 6 heteroatoms. The third-order valence-electron chi connectivity index (χ3n) is 2.92. The Bertz CT molecular complexity index is 358. The van der Waals surface area contributed by atoms with Crippen LogP contribution in [0.5, 0.6) is 0 Å². The van der Waals surface area contributed by atoms with Crippen molar-refractivity contribution in [1.29, 1.82) is 0 Å². The second kappa shape index (κ2) is 6.47. The number of aromatic nitrogens is 1. The van der Waals surface area contributed by atoms with Gasteiger partial charge in [-0.2, -0.15) is 0 Å². The van der Waals surface area contributed by atoms with Crippen LogP contribution >= 0.6 is 27.3 Å². The average Bonchev–Trinajstić information content (AvgIpc) is 2.76. The van der Waals surface area contributed by atoms with E-state index in [0.29, 0.717) is 0 Å². The lowest BCUT2D eigenvalue weighted by atomic mass is 10.3. The molecule has 0 aromatic carbocycles. The minimum Gasteiger partial charge on any atom is -0.337 e. The van der Waals surface area contributed by atoms with Gasteiger partial charge in [-0.05, 0) is 13.0 Å². The molecule has 0 unspecified atom stereocenters. The first-order valence-corrected chi connectivity index (χ1v) is 7.77. The minimum atomic E-state index is 0.133. The van der Waals surface area contributed by atoms with E-state index in [4.69, 9.17) is 0 Å². The van der Waals surface area contributed by atoms with Crippen LogP contribution in [0.15, 0.2) is 11.7 Å². The van der Waals surface area contributed by atoms with Gasteiger partial charge in [-0.1, -0.05) is 15.9 Å². The number of amides is 1. The third-order valence-corrected chi connectivity index (χ3v) is 4.04. The number of rotatable bonds is 3. The van der Waals surface area contributed by atoms with E-state index >= 15 is 0 Å². The summed E-state index contributed by atoms with van der Waals surface area (Å²) in [7, 11) is 0. The third kappa shape index (κ3) is 3.50. The fourth-order valence-corrected chi connectivity index (χ4v) is 3.08. The Morgan fingerprint density at radius 2 is 2.29 bits per heavy atom. The Hall–Kier alpha value is -0.460. The summed E-state index contributed by atoms with van der Waals surface area (Å²) in [5.41, 5.74) is 1.71. The van der Waals surface area contributed by atoms with Crippen LogP contribution in [0.25, 0.3) is 0 Å². The largest absolute Gasteiger partial charge is 0.337 e. The molecule has 0 bridgehead atoms. The van der Waals surface area contributed by atoms with E-state index in [1.165, 1.54) is 11.3 Å². The molecule has 0 aliphatic carbocycles. The fourth-order valence-electron chi connectivity index (χ4n) is 1.99. The number of carbonyl (C=O) groups excluding carboxylic acids is 1. The molecule has 94 valence electrons. The number of alkyl halides is 1. The van der Waals surface area contributed by atoms with Crippen LogP contribution in [0.4, 0.5) is 0 Å². The highest BCUT2D eigenvalue weighted by Crippen LogP contribution is 2.12. The molecule has 1 aromatic rings. The SMILES string of the molecule is O=C(c1cncs1)N1CCCN(CCBr)CC1. The maximum atomic E-state index is 12.1. The Labute approximate surface area is 114 Å². The molecule has 0 atom stereocenters. The molecule has 4 nitrogen and oxygen atoms in total. The molecule has 2 rings (SSSR count). The van der Waals surface area contributed by atoms with Crippen molar-refractivity contribution in [3.8, 4) is 0 Å². The van der Waals surface area contributed by atoms with E-state index in [9.17, 15) is 4.79 Å². The summed E-state index contributed by atoms with van der Waals surface area (Å²) in [6.45, 7) is 4.79. The summed E-state index contributed by atoms with van der Waals surface area (Å²) in [5.74, 6) is 0.133. The second-order valence-corrected chi connectivity index (χ2v) is 5.72. The molecule has 1 aromatic heterocycles. The first kappa shape index (κ1) is 13.0. The molecular weight excluding hydrogens is 302 g/mol. The molecular formula is C11H16BrN3OS. The number of halogens is 1. The Morgan fingerprint density at radius 1 is 1.41 bits per heavy atom. The Kier molecular flexibility index (Phi) is 4.94. The van der Waals surface area contributed by atoms with Crippen molar-refractivity contribution in [1.82, 2.24) is 14.8 Å². The van der Waals surface area contributed by atoms with Crippen LogP contribution in [0.3, 0.4) is 0 Å². The predicted octanol–water partition coefficient (Wildman–Crippen LogP) is 1.69. The van der Waals surface area contributed by atoms with Crippen LogP contribution < -0.4 is 0 Å². The first-order valence-electron chi connectivity index (χ1n) is 5.77. The van der Waals surface area contributed by atoms with E-state index in [-0.39, 0.29) is 5.91 Å². The van der Waals surface area contributed by atoms with Crippen molar-refractivity contribution in [3.05, 3.63) is 16.6 Å². The summed E-state index contributed by atoms with van der Waals surface area (Å²) in [4.78, 5) is 21.2. The Morgan fingerprint density at radius 3 is 3.00 bits per heavy atom. The first-order chi connectivity index (χ1) is 8.31. The lowest BCUT2D eigenvalue weighted by Crippen LogP contribution is -2.35. The summed E-state index contributed by atoms with van der Waals surface area (Å²) < 4.78 is 0. The highest BCUT2D eigenvalue weighted by atomic mass is 79.9. The number of thiazole rings is 1. The lowest BCUT2D eigenvalue weighted by molar-refractivity contribution is 0.0766. The number of hydrogen-bond donors (Lipinski definition) is 0. The van der Waals surface area contributed by atoms with E-state index in [2.05, 4.69) is 25.8 Å². The summed E-state index contributed by atoms with van der Waals surface area (Å²) in [5, 5.41) is 0.996. The number of hydrogen-bond acceptors (Lipinski definition) is 4. The molecule has 1 saturated heterocycles. The molecule has 1 amide bonds. The van der Waals surface area contributed by atoms with Crippen LogP contribution in [0.2, 0.25) is 0 Å². The molecule has 0 spiro atoms. The number of carbonyl (C=O) groups is 1. The van der Waals surface area contributed by atoms with Gasteiger partial charge in [-0.15, -0.1) is 11.3 Å². The lowest BCUT2D eigenvalue weighted by Gasteiger charge is -2.20. The average molecular weight is 318 g/mol. The van der Waals surface area contributed by atoms with Gasteiger partial charge < -0.3 is 9.80 Å². The van der Waals surface area contributed by atoms with Crippen molar-refractivity contribution < 1.29 is 4.79 Å². The maximum absolute atomic E-state index is 12.1. The fraction of sp³-hybridized carbons (Fsp3) is 0.636. The molecule has 0 saturated carbocycles. The zero-order valence-corrected chi connectivity index (χ0v) is 12.0. The molecule has 0 N–H and O–H groups in total. The molecule has 2 heterocycles. The predicted molar refractivity (Wildman–Crippen MR) is 72.9 cm³/mol. The zero-order chi connectivity index (χ0) is 12.1. The standard InChI is InChI=1S/C11H16BrN3OS/c12-2-5-14-3-1-4-15(7-6-14)11(16)10-8-13-9-17-10/h8-9H,1-7H2. The van der Waals surface area contributed by atoms with Gasteiger partial charge in [0.15, 0.2) is 0 Å². The summed E-state index contributed by atoms with van der Waals surface area (Å²) in [6, 6.07) is 0. The maximum Gasteiger partial charge on any atom is 0.265 e. The van der Waals surface area contributed by atoms with Gasteiger partial charge in [0.05, 0.1) is 11.7 Å². The van der Waals surface area contributed by atoms with Crippen LogP contribution in [-0.4, -0.2) is 58.7 Å². The normalized spacial score (nSPS) is 18.1. The quantitative estimate of drug-likeness (QED) is 0.796. The van der Waals surface area contributed by atoms with Gasteiger partial charge in [0, 0.05) is 31.5 Å². The van der Waals surface area contributed by atoms with Gasteiger partial charge in [-0.3, -0.25) is 9.78 Å². The topological polar surface area (TPSA) is 36.4 Å². The van der Waals surface area contributed by atoms with Crippen LogP contribution in [-0.2, 0) is 0 Å². The molecule has 0 radical (unpaired) electrons. The summed E-state index contributed by atoms with van der Waals surface area (Å²) >= 11 is 4.88. The molecule has 17 heavy (non-hydrogen) atoms. The second-order valence-electron chi connectivity index (χ2n) is 4.04. The van der Waals surface area contributed by atoms with Crippen molar-refractivity contribution in [3.63, 3.8) is 0 Å². The summed E-state index contributed by atoms with van der Waals surface area (Å²) in [6.07, 6.45) is 2.71. The zero-order valence-electron chi connectivity index (χ0n) is 9.64. The molecule has 1 fully saturated rings. The molecule has 1 aliphatic heterocycles. The van der Waals surface area contributed by atoms with Crippen molar-refractivity contribution in [2.24, 2.45) is 0 Å². The number of nitrogens with zero attached hydrogens (tertiary/aromatic N) is 3.